The van der Waals surface area contributed by atoms with E-state index in [1.807, 2.05) is 36.5 Å². The first-order chi connectivity index (χ1) is 14.3. The maximum atomic E-state index is 6.04. The van der Waals surface area contributed by atoms with E-state index in [4.69, 9.17) is 4.74 Å². The number of H-pyrrole nitrogens is 1. The summed E-state index contributed by atoms with van der Waals surface area (Å²) in [6, 6.07) is 16.8. The van der Waals surface area contributed by atoms with Crippen LogP contribution in [0, 0.1) is 0 Å². The van der Waals surface area contributed by atoms with Gasteiger partial charge >= 0.3 is 0 Å². The van der Waals surface area contributed by atoms with Crippen LogP contribution in [0.5, 0.6) is 0 Å². The Morgan fingerprint density at radius 1 is 1.14 bits per heavy atom. The van der Waals surface area contributed by atoms with E-state index in [0.29, 0.717) is 12.6 Å². The van der Waals surface area contributed by atoms with Crippen molar-refractivity contribution < 1.29 is 4.74 Å². The van der Waals surface area contributed by atoms with Crippen molar-refractivity contribution in [3.63, 3.8) is 0 Å². The third-order valence-electron chi connectivity index (χ3n) is 5.12. The Labute approximate surface area is 172 Å². The van der Waals surface area contributed by atoms with E-state index >= 15 is 0 Å². The summed E-state index contributed by atoms with van der Waals surface area (Å²) < 4.78 is 6.04. The molecule has 0 bridgehead atoms. The van der Waals surface area contributed by atoms with E-state index in [0.717, 1.165) is 46.1 Å². The van der Waals surface area contributed by atoms with Gasteiger partial charge in [0.1, 0.15) is 5.01 Å². The van der Waals surface area contributed by atoms with Gasteiger partial charge in [0, 0.05) is 30.1 Å². The molecule has 8 heteroatoms. The van der Waals surface area contributed by atoms with Gasteiger partial charge in [-0.3, -0.25) is 5.10 Å². The Bertz CT molecular complexity index is 1080. The summed E-state index contributed by atoms with van der Waals surface area (Å²) in [7, 11) is 0. The lowest BCUT2D eigenvalue weighted by atomic mass is 10.2. The molecule has 1 aliphatic rings. The van der Waals surface area contributed by atoms with Crippen molar-refractivity contribution >= 4 is 27.4 Å². The number of rotatable bonds is 7. The molecule has 29 heavy (non-hydrogen) atoms. The Morgan fingerprint density at radius 3 is 3.00 bits per heavy atom. The molecule has 0 radical (unpaired) electrons. The lowest BCUT2D eigenvalue weighted by Gasteiger charge is -2.12. The molecule has 4 aromatic rings. The molecule has 1 unspecified atom stereocenters. The molecule has 3 heterocycles. The molecular weight excluding hydrogens is 384 g/mol. The predicted molar refractivity (Wildman–Crippen MR) is 115 cm³/mol. The van der Waals surface area contributed by atoms with E-state index in [2.05, 4.69) is 49.2 Å². The van der Waals surface area contributed by atoms with Crippen molar-refractivity contribution in [3.8, 4) is 10.6 Å². The topological polar surface area (TPSA) is 87.8 Å². The lowest BCUT2D eigenvalue weighted by molar-refractivity contribution is 0.0528. The average molecular weight is 407 g/mol. The van der Waals surface area contributed by atoms with Gasteiger partial charge in [-0.05, 0) is 30.2 Å². The Kier molecular flexibility index (Phi) is 5.21. The van der Waals surface area contributed by atoms with Crippen molar-refractivity contribution in [1.82, 2.24) is 25.7 Å². The minimum atomic E-state index is 0.244. The summed E-state index contributed by atoms with van der Waals surface area (Å²) in [6.07, 6.45) is 3.05. The Morgan fingerprint density at radius 2 is 2.07 bits per heavy atom. The largest absolute Gasteiger partial charge is 0.372 e. The van der Waals surface area contributed by atoms with Crippen molar-refractivity contribution in [1.29, 1.82) is 0 Å². The molecule has 1 aliphatic heterocycles. The molecular formula is C21H22N6OS. The summed E-state index contributed by atoms with van der Waals surface area (Å²) in [6.45, 7) is 2.35. The van der Waals surface area contributed by atoms with Crippen molar-refractivity contribution in [3.05, 3.63) is 60.3 Å². The van der Waals surface area contributed by atoms with Gasteiger partial charge in [-0.15, -0.1) is 10.2 Å². The van der Waals surface area contributed by atoms with Gasteiger partial charge in [0.15, 0.2) is 0 Å². The van der Waals surface area contributed by atoms with Crippen LogP contribution < -0.4 is 10.6 Å². The van der Waals surface area contributed by atoms with Crippen molar-refractivity contribution in [2.75, 3.05) is 18.4 Å². The van der Waals surface area contributed by atoms with Gasteiger partial charge < -0.3 is 15.4 Å². The highest BCUT2D eigenvalue weighted by Crippen LogP contribution is 2.28. The molecule has 2 aromatic carbocycles. The summed E-state index contributed by atoms with van der Waals surface area (Å²) in [5.41, 5.74) is 3.29. The van der Waals surface area contributed by atoms with Crippen LogP contribution in [0.15, 0.2) is 54.7 Å². The van der Waals surface area contributed by atoms with Gasteiger partial charge in [0.25, 0.3) is 0 Å². The highest BCUT2D eigenvalue weighted by atomic mass is 32.1. The number of nitrogens with zero attached hydrogens (tertiary/aromatic N) is 3. The first kappa shape index (κ1) is 18.2. The molecule has 1 fully saturated rings. The van der Waals surface area contributed by atoms with Gasteiger partial charge in [-0.2, -0.15) is 5.10 Å². The maximum absolute atomic E-state index is 6.04. The zero-order chi connectivity index (χ0) is 19.5. The highest BCUT2D eigenvalue weighted by molar-refractivity contribution is 7.18. The van der Waals surface area contributed by atoms with Crippen LogP contribution in [-0.4, -0.2) is 45.6 Å². The molecule has 0 spiro atoms. The van der Waals surface area contributed by atoms with Gasteiger partial charge in [-0.25, -0.2) is 0 Å². The quantitative estimate of drug-likeness (QED) is 0.436. The van der Waals surface area contributed by atoms with Crippen LogP contribution >= 0.6 is 11.3 Å². The predicted octanol–water partition coefficient (Wildman–Crippen LogP) is 3.44. The van der Waals surface area contributed by atoms with Gasteiger partial charge in [0.05, 0.1) is 24.4 Å². The zero-order valence-electron chi connectivity index (χ0n) is 15.8. The second-order valence-electron chi connectivity index (χ2n) is 7.22. The van der Waals surface area contributed by atoms with E-state index in [1.54, 1.807) is 11.3 Å². The van der Waals surface area contributed by atoms with Crippen LogP contribution in [0.1, 0.15) is 12.0 Å². The average Bonchev–Trinajstić information content (AvgIpc) is 3.51. The van der Waals surface area contributed by atoms with Crippen LogP contribution in [0.4, 0.5) is 5.13 Å². The van der Waals surface area contributed by atoms with E-state index < -0.39 is 0 Å². The standard InChI is InChI=1S/C21H22N6OS/c1-2-4-14(5-3-1)13-28-18-9-17(22-12-18)11-23-21-27-26-20(29-21)15-6-7-19-16(8-15)10-24-25-19/h1-8,10,17-18,22H,9,11-13H2,(H,23,27)(H,24,25)/t17-,18?/m1/s1. The number of nitrogens with one attached hydrogen (secondary N) is 3. The first-order valence-corrected chi connectivity index (χ1v) is 10.5. The lowest BCUT2D eigenvalue weighted by Crippen LogP contribution is -2.29. The number of aromatic nitrogens is 4. The number of fused-ring (bicyclic) bond motifs is 1. The fourth-order valence-corrected chi connectivity index (χ4v) is 4.30. The van der Waals surface area contributed by atoms with Crippen molar-refractivity contribution in [2.45, 2.75) is 25.2 Å². The van der Waals surface area contributed by atoms with Crippen molar-refractivity contribution in [2.24, 2.45) is 0 Å². The molecule has 5 rings (SSSR count). The number of ether oxygens (including phenoxy) is 1. The summed E-state index contributed by atoms with van der Waals surface area (Å²) in [5.74, 6) is 0. The SMILES string of the molecule is c1ccc(COC2CN[C@@H](CNc3nnc(-c4ccc5[nH]ncc5c4)s3)C2)cc1. The summed E-state index contributed by atoms with van der Waals surface area (Å²) in [4.78, 5) is 0. The third kappa shape index (κ3) is 4.29. The maximum Gasteiger partial charge on any atom is 0.206 e. The highest BCUT2D eigenvalue weighted by Gasteiger charge is 2.24. The normalized spacial score (nSPS) is 19.0. The fourth-order valence-electron chi connectivity index (χ4n) is 3.55. The minimum absolute atomic E-state index is 0.244. The molecule has 3 N–H and O–H groups in total. The summed E-state index contributed by atoms with van der Waals surface area (Å²) in [5, 5.41) is 25.4. The van der Waals surface area contributed by atoms with E-state index in [9.17, 15) is 0 Å². The van der Waals surface area contributed by atoms with Gasteiger partial charge in [0.2, 0.25) is 5.13 Å². The zero-order valence-corrected chi connectivity index (χ0v) is 16.7. The minimum Gasteiger partial charge on any atom is -0.372 e. The monoisotopic (exact) mass is 406 g/mol. The molecule has 1 saturated heterocycles. The number of hydrogen-bond acceptors (Lipinski definition) is 7. The smallest absolute Gasteiger partial charge is 0.206 e. The van der Waals surface area contributed by atoms with Gasteiger partial charge in [-0.1, -0.05) is 41.7 Å². The Hall–Kier alpha value is -2.81. The van der Waals surface area contributed by atoms with E-state index in [-0.39, 0.29) is 6.10 Å². The van der Waals surface area contributed by atoms with Crippen LogP contribution in [-0.2, 0) is 11.3 Å². The number of aromatic amines is 1. The number of benzene rings is 2. The Balaban J connectivity index is 1.12. The second kappa shape index (κ2) is 8.28. The fraction of sp³-hybridized carbons (Fsp3) is 0.286. The second-order valence-corrected chi connectivity index (χ2v) is 8.20. The van der Waals surface area contributed by atoms with E-state index in [1.165, 1.54) is 5.56 Å². The first-order valence-electron chi connectivity index (χ1n) is 9.73. The number of anilines is 1. The molecule has 0 amide bonds. The molecule has 2 aromatic heterocycles. The molecule has 2 atom stereocenters. The summed E-state index contributed by atoms with van der Waals surface area (Å²) >= 11 is 1.57. The molecule has 148 valence electrons. The molecule has 0 saturated carbocycles. The number of hydrogen-bond donors (Lipinski definition) is 3. The van der Waals surface area contributed by atoms with Crippen LogP contribution in [0.25, 0.3) is 21.5 Å². The van der Waals surface area contributed by atoms with Crippen LogP contribution in [0.3, 0.4) is 0 Å². The van der Waals surface area contributed by atoms with Crippen LogP contribution in [0.2, 0.25) is 0 Å². The molecule has 0 aliphatic carbocycles. The molecule has 7 nitrogen and oxygen atoms in total. The third-order valence-corrected chi connectivity index (χ3v) is 6.05.